The van der Waals surface area contributed by atoms with Crippen molar-refractivity contribution in [1.29, 1.82) is 0 Å². The molecule has 0 bridgehead atoms. The summed E-state index contributed by atoms with van der Waals surface area (Å²) in [6.07, 6.45) is 2.63. The number of anilines is 2. The number of halogens is 1. The molecule has 0 atom stereocenters. The van der Waals surface area contributed by atoms with E-state index in [0.717, 1.165) is 47.1 Å². The Labute approximate surface area is 145 Å². The minimum absolute atomic E-state index is 0.240. The van der Waals surface area contributed by atoms with Gasteiger partial charge in [0.2, 0.25) is 5.95 Å². The van der Waals surface area contributed by atoms with Gasteiger partial charge < -0.3 is 15.2 Å². The van der Waals surface area contributed by atoms with Gasteiger partial charge in [0.1, 0.15) is 11.6 Å². The monoisotopic (exact) mass is 338 g/mol. The molecule has 0 spiro atoms. The van der Waals surface area contributed by atoms with Crippen LogP contribution in [0.4, 0.5) is 16.2 Å². The molecule has 1 aliphatic rings. The Bertz CT molecular complexity index is 931. The quantitative estimate of drug-likeness (QED) is 0.777. The van der Waals surface area contributed by atoms with Crippen LogP contribution in [-0.4, -0.2) is 26.1 Å². The Morgan fingerprint density at radius 1 is 1.12 bits per heavy atom. The van der Waals surface area contributed by atoms with Crippen LogP contribution in [0.3, 0.4) is 0 Å². The predicted molar refractivity (Wildman–Crippen MR) is 94.2 cm³/mol. The number of hydrogen-bond donors (Lipinski definition) is 1. The zero-order valence-corrected chi connectivity index (χ0v) is 14.2. The van der Waals surface area contributed by atoms with E-state index in [1.165, 1.54) is 12.1 Å². The number of aryl methyl sites for hydroxylation is 1. The molecule has 2 aromatic heterocycles. The molecule has 0 fully saturated rings. The number of benzene rings is 1. The molecule has 4 rings (SSSR count). The van der Waals surface area contributed by atoms with Gasteiger partial charge in [-0.05, 0) is 38.1 Å². The summed E-state index contributed by atoms with van der Waals surface area (Å²) < 4.78 is 15.2. The fraction of sp³-hybridized carbons (Fsp3) is 0.278. The van der Waals surface area contributed by atoms with E-state index in [4.69, 9.17) is 5.73 Å². The Kier molecular flexibility index (Phi) is 3.63. The zero-order chi connectivity index (χ0) is 17.6. The van der Waals surface area contributed by atoms with Gasteiger partial charge in [-0.25, -0.2) is 14.4 Å². The molecule has 0 amide bonds. The van der Waals surface area contributed by atoms with Gasteiger partial charge in [0.25, 0.3) is 0 Å². The average molecular weight is 338 g/mol. The number of nitrogens with zero attached hydrogens (tertiary/aromatic N) is 5. The van der Waals surface area contributed by atoms with Crippen LogP contribution in [-0.2, 0) is 13.0 Å². The lowest BCUT2D eigenvalue weighted by Gasteiger charge is -2.29. The van der Waals surface area contributed by atoms with Gasteiger partial charge in [0.05, 0.1) is 18.6 Å². The van der Waals surface area contributed by atoms with Crippen molar-refractivity contribution in [2.45, 2.75) is 26.8 Å². The van der Waals surface area contributed by atoms with E-state index in [-0.39, 0.29) is 5.82 Å². The number of fused-ring (bicyclic) bond motifs is 1. The van der Waals surface area contributed by atoms with E-state index in [1.807, 2.05) is 18.4 Å². The normalized spacial score (nSPS) is 13.8. The van der Waals surface area contributed by atoms with Crippen LogP contribution in [0.15, 0.2) is 30.6 Å². The van der Waals surface area contributed by atoms with Crippen molar-refractivity contribution in [3.8, 4) is 5.69 Å². The van der Waals surface area contributed by atoms with Crippen molar-refractivity contribution in [2.24, 2.45) is 0 Å². The molecule has 0 aliphatic carbocycles. The molecule has 3 heterocycles. The molecule has 0 saturated heterocycles. The van der Waals surface area contributed by atoms with Crippen LogP contribution < -0.4 is 10.6 Å². The van der Waals surface area contributed by atoms with Gasteiger partial charge in [-0.2, -0.15) is 4.98 Å². The third-order valence-corrected chi connectivity index (χ3v) is 4.70. The largest absolute Gasteiger partial charge is 0.368 e. The van der Waals surface area contributed by atoms with Crippen LogP contribution in [0.1, 0.15) is 22.6 Å². The minimum Gasteiger partial charge on any atom is -0.368 e. The molecule has 0 radical (unpaired) electrons. The van der Waals surface area contributed by atoms with Gasteiger partial charge >= 0.3 is 0 Å². The molecule has 6 nitrogen and oxygen atoms in total. The highest BCUT2D eigenvalue weighted by molar-refractivity contribution is 5.52. The molecular weight excluding hydrogens is 319 g/mol. The van der Waals surface area contributed by atoms with Crippen LogP contribution >= 0.6 is 0 Å². The highest BCUT2D eigenvalue weighted by Gasteiger charge is 2.24. The van der Waals surface area contributed by atoms with Crippen molar-refractivity contribution >= 4 is 11.8 Å². The summed E-state index contributed by atoms with van der Waals surface area (Å²) in [6, 6.07) is 6.46. The van der Waals surface area contributed by atoms with Crippen LogP contribution in [0.5, 0.6) is 0 Å². The van der Waals surface area contributed by atoms with E-state index in [0.29, 0.717) is 12.5 Å². The van der Waals surface area contributed by atoms with Crippen LogP contribution in [0.2, 0.25) is 0 Å². The standard InChI is InChI=1S/C18H19FN6/c1-11-12(2)22-18(20)23-17(11)24-8-7-16-15(9-24)21-10-25(16)14-5-3-13(19)4-6-14/h3-6,10H,7-9H2,1-2H3,(H2,20,22,23). The Balaban J connectivity index is 1.66. The summed E-state index contributed by atoms with van der Waals surface area (Å²) in [5.41, 5.74) is 10.8. The fourth-order valence-corrected chi connectivity index (χ4v) is 3.26. The highest BCUT2D eigenvalue weighted by Crippen LogP contribution is 2.27. The lowest BCUT2D eigenvalue weighted by Crippen LogP contribution is -2.32. The third-order valence-electron chi connectivity index (χ3n) is 4.70. The lowest BCUT2D eigenvalue weighted by molar-refractivity contribution is 0.627. The zero-order valence-electron chi connectivity index (χ0n) is 14.2. The van der Waals surface area contributed by atoms with Crippen LogP contribution in [0.25, 0.3) is 5.69 Å². The van der Waals surface area contributed by atoms with E-state index in [2.05, 4.69) is 19.9 Å². The van der Waals surface area contributed by atoms with E-state index < -0.39 is 0 Å². The molecule has 2 N–H and O–H groups in total. The SMILES string of the molecule is Cc1nc(N)nc(N2CCc3c(ncn3-c3ccc(F)cc3)C2)c1C. The molecule has 25 heavy (non-hydrogen) atoms. The van der Waals surface area contributed by atoms with E-state index >= 15 is 0 Å². The van der Waals surface area contributed by atoms with Crippen molar-refractivity contribution in [1.82, 2.24) is 19.5 Å². The molecule has 7 heteroatoms. The maximum atomic E-state index is 13.2. The van der Waals surface area contributed by atoms with Crippen molar-refractivity contribution in [2.75, 3.05) is 17.2 Å². The van der Waals surface area contributed by atoms with Gasteiger partial charge in [-0.15, -0.1) is 0 Å². The van der Waals surface area contributed by atoms with Crippen molar-refractivity contribution in [3.05, 3.63) is 59.1 Å². The predicted octanol–water partition coefficient (Wildman–Crippen LogP) is 2.56. The second-order valence-electron chi connectivity index (χ2n) is 6.27. The molecule has 128 valence electrons. The number of aromatic nitrogens is 4. The first kappa shape index (κ1) is 15.6. The number of nitrogens with two attached hydrogens (primary N) is 1. The smallest absolute Gasteiger partial charge is 0.222 e. The maximum Gasteiger partial charge on any atom is 0.222 e. The van der Waals surface area contributed by atoms with E-state index in [9.17, 15) is 4.39 Å². The molecule has 0 saturated carbocycles. The van der Waals surface area contributed by atoms with E-state index in [1.54, 1.807) is 18.5 Å². The number of rotatable bonds is 2. The Hall–Kier alpha value is -2.96. The summed E-state index contributed by atoms with van der Waals surface area (Å²) >= 11 is 0. The number of imidazole rings is 1. The third kappa shape index (κ3) is 2.71. The Morgan fingerprint density at radius 3 is 2.64 bits per heavy atom. The molecular formula is C18H19FN6. The lowest BCUT2D eigenvalue weighted by atomic mass is 10.1. The summed E-state index contributed by atoms with van der Waals surface area (Å²) in [6.45, 7) is 5.43. The van der Waals surface area contributed by atoms with Gasteiger partial charge in [-0.1, -0.05) is 0 Å². The summed E-state index contributed by atoms with van der Waals surface area (Å²) in [5, 5.41) is 0. The van der Waals surface area contributed by atoms with Gasteiger partial charge in [0, 0.05) is 35.6 Å². The summed E-state index contributed by atoms with van der Waals surface area (Å²) in [5.74, 6) is 0.920. The number of nitrogen functional groups attached to an aromatic ring is 1. The molecule has 1 aliphatic heterocycles. The topological polar surface area (TPSA) is 72.9 Å². The first-order valence-corrected chi connectivity index (χ1v) is 8.19. The molecule has 1 aromatic carbocycles. The maximum absolute atomic E-state index is 13.2. The van der Waals surface area contributed by atoms with Gasteiger partial charge in [-0.3, -0.25) is 0 Å². The molecule has 0 unspecified atom stereocenters. The fourth-order valence-electron chi connectivity index (χ4n) is 3.26. The highest BCUT2D eigenvalue weighted by atomic mass is 19.1. The van der Waals surface area contributed by atoms with Crippen molar-refractivity contribution in [3.63, 3.8) is 0 Å². The number of hydrogen-bond acceptors (Lipinski definition) is 5. The first-order chi connectivity index (χ1) is 12.0. The first-order valence-electron chi connectivity index (χ1n) is 8.19. The Morgan fingerprint density at radius 2 is 1.88 bits per heavy atom. The molecule has 3 aromatic rings. The minimum atomic E-state index is -0.240. The second kappa shape index (κ2) is 5.84. The summed E-state index contributed by atoms with van der Waals surface area (Å²) in [4.78, 5) is 15.4. The van der Waals surface area contributed by atoms with Gasteiger partial charge in [0.15, 0.2) is 0 Å². The van der Waals surface area contributed by atoms with Crippen LogP contribution in [0, 0.1) is 19.7 Å². The van der Waals surface area contributed by atoms with Crippen molar-refractivity contribution < 1.29 is 4.39 Å². The summed E-state index contributed by atoms with van der Waals surface area (Å²) in [7, 11) is 0. The second-order valence-corrected chi connectivity index (χ2v) is 6.27. The average Bonchev–Trinajstić information content (AvgIpc) is 3.02.